The number of nitrogens with two attached hydrogens (primary N) is 1. The van der Waals surface area contributed by atoms with Gasteiger partial charge in [-0.25, -0.2) is 9.48 Å². The van der Waals surface area contributed by atoms with E-state index in [1.807, 2.05) is 6.07 Å². The summed E-state index contributed by atoms with van der Waals surface area (Å²) in [6.07, 6.45) is 7.86. The maximum Gasteiger partial charge on any atom is 0.404 e. The minimum absolute atomic E-state index is 0.00329. The van der Waals surface area contributed by atoms with E-state index < -0.39 is 65.3 Å². The second-order valence-corrected chi connectivity index (χ2v) is 14.6. The lowest BCUT2D eigenvalue weighted by Crippen LogP contribution is -2.56. The van der Waals surface area contributed by atoms with Gasteiger partial charge >= 0.3 is 6.09 Å². The molecule has 17 nitrogen and oxygen atoms in total. The summed E-state index contributed by atoms with van der Waals surface area (Å²) >= 11 is 0. The van der Waals surface area contributed by atoms with E-state index in [-0.39, 0.29) is 38.3 Å². The predicted molar refractivity (Wildman–Crippen MR) is 191 cm³/mol. The largest absolute Gasteiger partial charge is 0.465 e. The Kier molecular flexibility index (Phi) is 12.5. The van der Waals surface area contributed by atoms with E-state index in [9.17, 15) is 33.9 Å². The number of hydrogen-bond acceptors (Lipinski definition) is 9. The van der Waals surface area contributed by atoms with Crippen molar-refractivity contribution in [3.63, 3.8) is 0 Å². The van der Waals surface area contributed by atoms with Gasteiger partial charge in [0.05, 0.1) is 24.0 Å². The first-order valence-corrected chi connectivity index (χ1v) is 18.1. The summed E-state index contributed by atoms with van der Waals surface area (Å²) in [7, 11) is 0. The molecule has 1 aromatic carbocycles. The number of likely N-dealkylation sites (tertiary alicyclic amines) is 1. The van der Waals surface area contributed by atoms with Crippen LogP contribution in [-0.4, -0.2) is 102 Å². The molecule has 17 heteroatoms. The zero-order valence-corrected chi connectivity index (χ0v) is 30.0. The standard InChI is InChI=1S/C36H49N9O8/c1-36(2,53)29-19-40-43-45(29)24-18-28(33(49)41-26(30(46)31(37)47)10-6-7-14-39-35(51)52)44(20-24)34(50)27(16-21-8-4-3-5-9-21)42-32(48)23-11-12-25-22(17-23)13-15-38-25/h11-13,15,17,19,21,24,26-28,38-39,53H,3-10,14,16,18,20H2,1-2H3,(H2,37,47)(H,41,49)(H,42,48)(H,51,52)/t24-,26?,27?,28-/m0/s1. The highest BCUT2D eigenvalue weighted by molar-refractivity contribution is 6.37. The maximum absolute atomic E-state index is 14.7. The van der Waals surface area contributed by atoms with Gasteiger partial charge in [0.2, 0.25) is 17.6 Å². The summed E-state index contributed by atoms with van der Waals surface area (Å²) in [5.41, 5.74) is 5.56. The van der Waals surface area contributed by atoms with Crippen LogP contribution in [0.2, 0.25) is 0 Å². The van der Waals surface area contributed by atoms with Gasteiger partial charge in [0.1, 0.15) is 17.7 Å². The van der Waals surface area contributed by atoms with Crippen LogP contribution >= 0.6 is 0 Å². The average Bonchev–Trinajstić information content (AvgIpc) is 3.90. The highest BCUT2D eigenvalue weighted by Gasteiger charge is 2.45. The summed E-state index contributed by atoms with van der Waals surface area (Å²) in [5.74, 6) is -3.75. The molecule has 2 fully saturated rings. The summed E-state index contributed by atoms with van der Waals surface area (Å²) < 4.78 is 1.48. The van der Waals surface area contributed by atoms with E-state index in [2.05, 4.69) is 31.2 Å². The number of amides is 5. The third-order valence-electron chi connectivity index (χ3n) is 10.2. The highest BCUT2D eigenvalue weighted by Crippen LogP contribution is 2.33. The zero-order chi connectivity index (χ0) is 38.3. The van der Waals surface area contributed by atoms with Gasteiger partial charge in [0.15, 0.2) is 0 Å². The van der Waals surface area contributed by atoms with Crippen LogP contribution in [-0.2, 0) is 24.8 Å². The van der Waals surface area contributed by atoms with E-state index >= 15 is 0 Å². The molecule has 4 atom stereocenters. The van der Waals surface area contributed by atoms with E-state index in [4.69, 9.17) is 10.8 Å². The molecule has 5 amide bonds. The van der Waals surface area contributed by atoms with Gasteiger partial charge in [-0.05, 0) is 69.7 Å². The molecule has 2 unspecified atom stereocenters. The molecule has 8 N–H and O–H groups in total. The van der Waals surface area contributed by atoms with Crippen molar-refractivity contribution >= 4 is 46.4 Å². The number of carboxylic acid groups (broad SMARTS) is 1. The fourth-order valence-electron chi connectivity index (χ4n) is 7.43. The lowest BCUT2D eigenvalue weighted by atomic mass is 9.84. The van der Waals surface area contributed by atoms with E-state index in [1.165, 1.54) is 15.8 Å². The van der Waals surface area contributed by atoms with E-state index in [0.717, 1.165) is 43.0 Å². The molecule has 1 aliphatic carbocycles. The van der Waals surface area contributed by atoms with Gasteiger partial charge in [0, 0.05) is 42.2 Å². The number of hydrogen-bond donors (Lipinski definition) is 7. The molecule has 0 bridgehead atoms. The Hall–Kier alpha value is -5.32. The van der Waals surface area contributed by atoms with Gasteiger partial charge in [0.25, 0.3) is 11.8 Å². The quantitative estimate of drug-likeness (QED) is 0.0830. The van der Waals surface area contributed by atoms with Crippen molar-refractivity contribution in [2.45, 2.75) is 108 Å². The van der Waals surface area contributed by atoms with Crippen LogP contribution in [0.3, 0.4) is 0 Å². The first-order valence-electron chi connectivity index (χ1n) is 18.1. The van der Waals surface area contributed by atoms with E-state index in [0.29, 0.717) is 24.1 Å². The Morgan fingerprint density at radius 3 is 2.49 bits per heavy atom. The first kappa shape index (κ1) is 38.9. The van der Waals surface area contributed by atoms with Crippen molar-refractivity contribution in [3.8, 4) is 0 Å². The molecule has 286 valence electrons. The minimum Gasteiger partial charge on any atom is -0.465 e. The van der Waals surface area contributed by atoms with Gasteiger partial charge in [-0.1, -0.05) is 37.3 Å². The number of carbonyl (C=O) groups is 6. The second kappa shape index (κ2) is 17.0. The molecule has 0 radical (unpaired) electrons. The Morgan fingerprint density at radius 1 is 1.04 bits per heavy atom. The molecule has 5 rings (SSSR count). The number of rotatable bonds is 16. The Balaban J connectivity index is 1.43. The summed E-state index contributed by atoms with van der Waals surface area (Å²) in [5, 5.41) is 36.5. The smallest absolute Gasteiger partial charge is 0.404 e. The van der Waals surface area contributed by atoms with Crippen molar-refractivity contribution in [1.29, 1.82) is 0 Å². The Bertz CT molecular complexity index is 1810. The molecule has 1 saturated heterocycles. The number of carbonyl (C=O) groups excluding carboxylic acids is 5. The monoisotopic (exact) mass is 735 g/mol. The number of nitrogens with zero attached hydrogens (tertiary/aromatic N) is 4. The van der Waals surface area contributed by atoms with Crippen LogP contribution in [0.25, 0.3) is 10.9 Å². The van der Waals surface area contributed by atoms with Crippen molar-refractivity contribution in [3.05, 3.63) is 47.9 Å². The molecule has 1 saturated carbocycles. The number of aliphatic hydroxyl groups is 1. The van der Waals surface area contributed by atoms with Crippen LogP contribution in [0, 0.1) is 5.92 Å². The Morgan fingerprint density at radius 2 is 1.79 bits per heavy atom. The van der Waals surface area contributed by atoms with Crippen LogP contribution < -0.4 is 21.7 Å². The number of nitrogens with one attached hydrogen (secondary N) is 4. The Labute approximate surface area is 306 Å². The summed E-state index contributed by atoms with van der Waals surface area (Å²) in [6.45, 7) is 3.21. The SMILES string of the molecule is CC(C)(O)c1cnnn1[C@H]1C[C@@H](C(=O)NC(CCCCNC(=O)O)C(=O)C(N)=O)N(C(=O)C(CC2CCCCC2)NC(=O)c2ccc3[nH]ccc3c2)C1. The maximum atomic E-state index is 14.7. The molecule has 2 aromatic heterocycles. The average molecular weight is 736 g/mol. The number of unbranched alkanes of at least 4 members (excludes halogenated alkanes) is 1. The molecule has 0 spiro atoms. The molecular weight excluding hydrogens is 686 g/mol. The fourth-order valence-corrected chi connectivity index (χ4v) is 7.43. The lowest BCUT2D eigenvalue weighted by Gasteiger charge is -2.32. The molecule has 3 aromatic rings. The zero-order valence-electron chi connectivity index (χ0n) is 30.0. The van der Waals surface area contributed by atoms with Crippen molar-refractivity contribution in [2.75, 3.05) is 13.1 Å². The number of ketones is 1. The lowest BCUT2D eigenvalue weighted by molar-refractivity contribution is -0.142. The second-order valence-electron chi connectivity index (χ2n) is 14.6. The summed E-state index contributed by atoms with van der Waals surface area (Å²) in [6, 6.07) is 2.96. The van der Waals surface area contributed by atoms with Crippen LogP contribution in [0.15, 0.2) is 36.7 Å². The number of primary amides is 1. The first-order chi connectivity index (χ1) is 25.2. The van der Waals surface area contributed by atoms with Gasteiger partial charge < -0.3 is 41.8 Å². The number of aromatic nitrogens is 4. The molecule has 53 heavy (non-hydrogen) atoms. The highest BCUT2D eigenvalue weighted by atomic mass is 16.4. The van der Waals surface area contributed by atoms with Gasteiger partial charge in [-0.15, -0.1) is 5.10 Å². The molecule has 2 aliphatic rings. The summed E-state index contributed by atoms with van der Waals surface area (Å²) in [4.78, 5) is 82.7. The number of Topliss-reactive ketones (excluding diaryl/α,β-unsaturated/α-hetero) is 1. The fraction of sp³-hybridized carbons (Fsp3) is 0.556. The molecule has 1 aliphatic heterocycles. The molecule has 3 heterocycles. The van der Waals surface area contributed by atoms with Crippen molar-refractivity contribution < 1.29 is 39.0 Å². The van der Waals surface area contributed by atoms with Crippen molar-refractivity contribution in [1.82, 2.24) is 40.8 Å². The number of aromatic amines is 1. The van der Waals surface area contributed by atoms with Gasteiger partial charge in [-0.2, -0.15) is 0 Å². The van der Waals surface area contributed by atoms with Crippen LogP contribution in [0.4, 0.5) is 4.79 Å². The normalized spacial score (nSPS) is 19.0. The minimum atomic E-state index is -1.36. The molecular formula is C36H49N9O8. The number of H-pyrrole nitrogens is 1. The number of benzene rings is 1. The van der Waals surface area contributed by atoms with Crippen LogP contribution in [0.5, 0.6) is 0 Å². The third-order valence-corrected chi connectivity index (χ3v) is 10.2. The van der Waals surface area contributed by atoms with Crippen LogP contribution in [0.1, 0.15) is 100 Å². The number of fused-ring (bicyclic) bond motifs is 1. The third kappa shape index (κ3) is 9.77. The van der Waals surface area contributed by atoms with E-state index in [1.54, 1.807) is 38.2 Å². The topological polar surface area (TPSA) is 255 Å². The van der Waals surface area contributed by atoms with Crippen molar-refractivity contribution in [2.24, 2.45) is 11.7 Å². The predicted octanol–water partition coefficient (Wildman–Crippen LogP) is 1.87. The van der Waals surface area contributed by atoms with Gasteiger partial charge in [-0.3, -0.25) is 24.0 Å².